The molecule has 216 valence electrons. The van der Waals surface area contributed by atoms with Crippen LogP contribution in [0.15, 0.2) is 84.9 Å². The molecular weight excluding hydrogens is 523 g/mol. The van der Waals surface area contributed by atoms with Crippen molar-refractivity contribution in [2.75, 3.05) is 0 Å². The summed E-state index contributed by atoms with van der Waals surface area (Å²) in [5, 5.41) is 15.2. The molecule has 3 aromatic rings. The lowest BCUT2D eigenvalue weighted by molar-refractivity contribution is -0.141. The van der Waals surface area contributed by atoms with Gasteiger partial charge in [-0.25, -0.2) is 4.39 Å². The lowest BCUT2D eigenvalue weighted by atomic mass is 9.85. The minimum Gasteiger partial charge on any atom is -0.481 e. The monoisotopic (exact) mass is 560 g/mol. The Kier molecular flexibility index (Phi) is 10.8. The van der Waals surface area contributed by atoms with Gasteiger partial charge in [-0.1, -0.05) is 87.5 Å². The van der Waals surface area contributed by atoms with Gasteiger partial charge < -0.3 is 20.5 Å². The summed E-state index contributed by atoms with van der Waals surface area (Å²) >= 11 is 0. The number of hydrogen-bond acceptors (Lipinski definition) is 4. The summed E-state index contributed by atoms with van der Waals surface area (Å²) in [5.41, 5.74) is 0.810. The molecule has 8 heteroatoms. The lowest BCUT2D eigenvalue weighted by Crippen LogP contribution is -2.55. The van der Waals surface area contributed by atoms with Gasteiger partial charge in [0.25, 0.3) is 0 Å². The molecule has 0 spiro atoms. The number of allylic oxidation sites excluding steroid dienone is 1. The second-order valence-electron chi connectivity index (χ2n) is 11.0. The van der Waals surface area contributed by atoms with E-state index in [2.05, 4.69) is 10.6 Å². The molecule has 3 N–H and O–H groups in total. The Morgan fingerprint density at radius 1 is 0.927 bits per heavy atom. The minimum atomic E-state index is -1.14. The van der Waals surface area contributed by atoms with E-state index in [4.69, 9.17) is 4.74 Å². The molecule has 41 heavy (non-hydrogen) atoms. The molecule has 0 saturated heterocycles. The Morgan fingerprint density at radius 3 is 2.15 bits per heavy atom. The number of rotatable bonds is 12. The Hall–Kier alpha value is -4.46. The molecule has 2 amide bonds. The van der Waals surface area contributed by atoms with Crippen molar-refractivity contribution < 1.29 is 28.6 Å². The van der Waals surface area contributed by atoms with Crippen molar-refractivity contribution in [1.82, 2.24) is 10.6 Å². The van der Waals surface area contributed by atoms with Crippen molar-refractivity contribution in [3.63, 3.8) is 0 Å². The van der Waals surface area contributed by atoms with Crippen LogP contribution in [0.4, 0.5) is 4.39 Å². The summed E-state index contributed by atoms with van der Waals surface area (Å²) in [6, 6.07) is 21.6. The van der Waals surface area contributed by atoms with E-state index in [0.717, 1.165) is 5.56 Å². The summed E-state index contributed by atoms with van der Waals surface area (Å²) in [6.45, 7) is 7.35. The van der Waals surface area contributed by atoms with E-state index in [1.54, 1.807) is 42.5 Å². The zero-order valence-corrected chi connectivity index (χ0v) is 23.8. The fraction of sp³-hybridized carbons (Fsp3) is 0.303. The van der Waals surface area contributed by atoms with E-state index in [-0.39, 0.29) is 24.1 Å². The Balaban J connectivity index is 1.68. The first kappa shape index (κ1) is 31.1. The molecule has 3 aromatic carbocycles. The van der Waals surface area contributed by atoms with Crippen molar-refractivity contribution in [3.05, 3.63) is 102 Å². The maximum Gasteiger partial charge on any atom is 0.304 e. The van der Waals surface area contributed by atoms with Gasteiger partial charge in [0.2, 0.25) is 11.8 Å². The zero-order chi connectivity index (χ0) is 30.0. The molecule has 0 radical (unpaired) electrons. The number of carbonyl (C=O) groups is 3. The number of nitrogens with one attached hydrogen (secondary N) is 2. The summed E-state index contributed by atoms with van der Waals surface area (Å²) in [7, 11) is 0. The van der Waals surface area contributed by atoms with Crippen LogP contribution in [0.2, 0.25) is 0 Å². The van der Waals surface area contributed by atoms with Crippen LogP contribution in [0, 0.1) is 17.2 Å². The predicted octanol–water partition coefficient (Wildman–Crippen LogP) is 6.52. The second-order valence-corrected chi connectivity index (χ2v) is 11.0. The largest absolute Gasteiger partial charge is 0.481 e. The highest BCUT2D eigenvalue weighted by molar-refractivity contribution is 5.90. The third-order valence-corrected chi connectivity index (χ3v) is 6.52. The van der Waals surface area contributed by atoms with Gasteiger partial charge in [0.15, 0.2) is 11.6 Å². The van der Waals surface area contributed by atoms with E-state index >= 15 is 0 Å². The normalized spacial score (nSPS) is 13.7. The molecule has 0 aliphatic carbocycles. The molecule has 0 aliphatic heterocycles. The van der Waals surface area contributed by atoms with Crippen molar-refractivity contribution in [2.24, 2.45) is 11.3 Å². The molecule has 0 bridgehead atoms. The second kappa shape index (κ2) is 14.3. The van der Waals surface area contributed by atoms with Crippen LogP contribution in [-0.4, -0.2) is 28.9 Å². The number of amides is 2. The van der Waals surface area contributed by atoms with Crippen molar-refractivity contribution in [1.29, 1.82) is 0 Å². The van der Waals surface area contributed by atoms with E-state index in [1.165, 1.54) is 12.1 Å². The molecule has 0 aliphatic rings. The summed E-state index contributed by atoms with van der Waals surface area (Å²) in [5.74, 6) is -2.95. The SMILES string of the molecule is C[C@@H](NC(=O)[C@@H](NC(=O)[C@H](CC=Cc1ccc(Oc2ccccc2)c(F)c1)CC(=O)O)C(C)(C)C)c1ccccc1. The topological polar surface area (TPSA) is 105 Å². The molecule has 0 fully saturated rings. The number of aliphatic carboxylic acids is 1. The van der Waals surface area contributed by atoms with Gasteiger partial charge in [0, 0.05) is 0 Å². The first-order chi connectivity index (χ1) is 19.4. The molecular formula is C33H37FN2O5. The predicted molar refractivity (Wildman–Crippen MR) is 157 cm³/mol. The highest BCUT2D eigenvalue weighted by atomic mass is 19.1. The third kappa shape index (κ3) is 9.60. The van der Waals surface area contributed by atoms with Crippen LogP contribution in [0.3, 0.4) is 0 Å². The first-order valence-corrected chi connectivity index (χ1v) is 13.5. The fourth-order valence-electron chi connectivity index (χ4n) is 4.24. The number of halogens is 1. The Labute approximate surface area is 240 Å². The number of benzene rings is 3. The third-order valence-electron chi connectivity index (χ3n) is 6.52. The molecule has 0 aromatic heterocycles. The number of hydrogen-bond donors (Lipinski definition) is 3. The average Bonchev–Trinajstić information content (AvgIpc) is 2.92. The highest BCUT2D eigenvalue weighted by Crippen LogP contribution is 2.26. The van der Waals surface area contributed by atoms with Crippen molar-refractivity contribution in [3.8, 4) is 11.5 Å². The van der Waals surface area contributed by atoms with Crippen LogP contribution in [0.1, 0.15) is 57.7 Å². The van der Waals surface area contributed by atoms with Crippen LogP contribution < -0.4 is 15.4 Å². The number of carboxylic acid groups (broad SMARTS) is 1. The molecule has 3 rings (SSSR count). The maximum absolute atomic E-state index is 14.6. The Bertz CT molecular complexity index is 1350. The minimum absolute atomic E-state index is 0.0737. The number of ether oxygens (including phenoxy) is 1. The van der Waals surface area contributed by atoms with Crippen molar-refractivity contribution >= 4 is 23.9 Å². The average molecular weight is 561 g/mol. The van der Waals surface area contributed by atoms with Gasteiger partial charge >= 0.3 is 5.97 Å². The van der Waals surface area contributed by atoms with Gasteiger partial charge in [0.1, 0.15) is 11.8 Å². The smallest absolute Gasteiger partial charge is 0.304 e. The van der Waals surface area contributed by atoms with Gasteiger partial charge in [-0.15, -0.1) is 0 Å². The Morgan fingerprint density at radius 2 is 1.56 bits per heavy atom. The number of para-hydroxylation sites is 1. The standard InChI is InChI=1S/C33H37FN2O5/c1-22(24-13-7-5-8-14-24)35-32(40)30(33(2,3)4)36-31(39)25(21-29(37)38)15-11-12-23-18-19-28(27(34)20-23)41-26-16-9-6-10-17-26/h5-14,16-20,22,25,30H,15,21H2,1-4H3,(H,35,40)(H,36,39)(H,37,38)/t22-,25-,30-/m1/s1. The van der Waals surface area contributed by atoms with E-state index in [0.29, 0.717) is 11.3 Å². The molecule has 0 saturated carbocycles. The van der Waals surface area contributed by atoms with E-state index in [1.807, 2.05) is 64.1 Å². The van der Waals surface area contributed by atoms with Crippen molar-refractivity contribution in [2.45, 2.75) is 52.6 Å². The fourth-order valence-corrected chi connectivity index (χ4v) is 4.24. The molecule has 0 unspecified atom stereocenters. The molecule has 7 nitrogen and oxygen atoms in total. The zero-order valence-electron chi connectivity index (χ0n) is 23.8. The van der Waals surface area contributed by atoms with Gasteiger partial charge in [-0.3, -0.25) is 14.4 Å². The lowest BCUT2D eigenvalue weighted by Gasteiger charge is -2.32. The highest BCUT2D eigenvalue weighted by Gasteiger charge is 2.35. The van der Waals surface area contributed by atoms with Crippen LogP contribution >= 0.6 is 0 Å². The van der Waals surface area contributed by atoms with Gasteiger partial charge in [-0.05, 0) is 54.2 Å². The molecule has 3 atom stereocenters. The maximum atomic E-state index is 14.6. The molecule has 0 heterocycles. The van der Waals surface area contributed by atoms with Crippen LogP contribution in [-0.2, 0) is 14.4 Å². The summed E-state index contributed by atoms with van der Waals surface area (Å²) in [4.78, 5) is 38.0. The van der Waals surface area contributed by atoms with Gasteiger partial charge in [-0.2, -0.15) is 0 Å². The number of carbonyl (C=O) groups excluding carboxylic acids is 2. The van der Waals surface area contributed by atoms with Crippen LogP contribution in [0.25, 0.3) is 6.08 Å². The summed E-state index contributed by atoms with van der Waals surface area (Å²) in [6.07, 6.45) is 2.91. The number of carboxylic acids is 1. The van der Waals surface area contributed by atoms with E-state index < -0.39 is 41.5 Å². The quantitative estimate of drug-likeness (QED) is 0.234. The van der Waals surface area contributed by atoms with Gasteiger partial charge in [0.05, 0.1) is 18.4 Å². The van der Waals surface area contributed by atoms with E-state index in [9.17, 15) is 23.9 Å². The summed E-state index contributed by atoms with van der Waals surface area (Å²) < 4.78 is 20.2. The van der Waals surface area contributed by atoms with Crippen LogP contribution in [0.5, 0.6) is 11.5 Å². The first-order valence-electron chi connectivity index (χ1n) is 13.5.